The molecule has 0 saturated carbocycles. The van der Waals surface area contributed by atoms with Gasteiger partial charge in [0.25, 0.3) is 5.91 Å². The van der Waals surface area contributed by atoms with Gasteiger partial charge >= 0.3 is 0 Å². The van der Waals surface area contributed by atoms with Crippen molar-refractivity contribution >= 4 is 22.6 Å². The van der Waals surface area contributed by atoms with E-state index < -0.39 is 0 Å². The van der Waals surface area contributed by atoms with Crippen molar-refractivity contribution in [2.24, 2.45) is 0 Å². The molecule has 0 unspecified atom stereocenters. The summed E-state index contributed by atoms with van der Waals surface area (Å²) >= 11 is 0. The van der Waals surface area contributed by atoms with Crippen molar-refractivity contribution in [2.75, 3.05) is 5.32 Å². The summed E-state index contributed by atoms with van der Waals surface area (Å²) in [5, 5.41) is 3.71. The van der Waals surface area contributed by atoms with Crippen molar-refractivity contribution in [3.63, 3.8) is 0 Å². The molecule has 1 amide bonds. The van der Waals surface area contributed by atoms with E-state index in [1.54, 1.807) is 42.7 Å². The summed E-state index contributed by atoms with van der Waals surface area (Å²) in [4.78, 5) is 20.4. The number of carbonyl (C=O) groups is 1. The van der Waals surface area contributed by atoms with Crippen molar-refractivity contribution < 1.29 is 13.9 Å². The second kappa shape index (κ2) is 6.68. The van der Waals surface area contributed by atoms with Gasteiger partial charge < -0.3 is 14.5 Å². The fraction of sp³-hybridized carbons (Fsp3) is 0.0500. The minimum Gasteiger partial charge on any atom is -0.451 e. The zero-order valence-electron chi connectivity index (χ0n) is 14.0. The molecule has 4 rings (SSSR count). The van der Waals surface area contributed by atoms with Gasteiger partial charge in [-0.25, -0.2) is 4.98 Å². The van der Waals surface area contributed by atoms with Gasteiger partial charge in [-0.1, -0.05) is 11.6 Å². The summed E-state index contributed by atoms with van der Waals surface area (Å²) < 4.78 is 11.2. The van der Waals surface area contributed by atoms with E-state index in [4.69, 9.17) is 9.15 Å². The van der Waals surface area contributed by atoms with Crippen LogP contribution in [0.5, 0.6) is 11.6 Å². The molecule has 128 valence electrons. The normalized spacial score (nSPS) is 10.7. The maximum Gasteiger partial charge on any atom is 0.291 e. The summed E-state index contributed by atoms with van der Waals surface area (Å²) in [5.41, 5.74) is 2.44. The molecule has 0 fully saturated rings. The monoisotopic (exact) mass is 345 g/mol. The van der Waals surface area contributed by atoms with Gasteiger partial charge in [-0.05, 0) is 49.4 Å². The zero-order valence-corrected chi connectivity index (χ0v) is 14.0. The van der Waals surface area contributed by atoms with Crippen LogP contribution in [0.25, 0.3) is 11.0 Å². The van der Waals surface area contributed by atoms with Gasteiger partial charge in [-0.15, -0.1) is 0 Å². The number of carbonyl (C=O) groups excluding carboxylic acids is 1. The number of fused-ring (bicyclic) bond motifs is 1. The molecule has 2 aromatic heterocycles. The van der Waals surface area contributed by atoms with E-state index in [1.807, 2.05) is 25.1 Å². The van der Waals surface area contributed by atoms with Gasteiger partial charge in [0.15, 0.2) is 5.76 Å². The number of aryl methyl sites for hydroxylation is 1. The predicted octanol–water partition coefficient (Wildman–Crippen LogP) is 4.58. The quantitative estimate of drug-likeness (QED) is 0.586. The lowest BCUT2D eigenvalue weighted by Crippen LogP contribution is -2.10. The lowest BCUT2D eigenvalue weighted by molar-refractivity contribution is 0.0998. The standard InChI is InChI=1S/C20H15N3O3/c1-13-2-7-17-14(10-13)11-18(26-17)20(24)23-15-3-5-16(6-4-15)25-19-12-21-8-9-22-19/h2-12H,1H3,(H,23,24). The smallest absolute Gasteiger partial charge is 0.291 e. The Bertz CT molecular complexity index is 1060. The number of benzene rings is 2. The van der Waals surface area contributed by atoms with Crippen LogP contribution in [-0.2, 0) is 0 Å². The first-order valence-electron chi connectivity index (χ1n) is 8.03. The van der Waals surface area contributed by atoms with Gasteiger partial charge in [0.2, 0.25) is 5.88 Å². The number of rotatable bonds is 4. The lowest BCUT2D eigenvalue weighted by Gasteiger charge is -2.06. The molecule has 0 aliphatic rings. The topological polar surface area (TPSA) is 77.2 Å². The highest BCUT2D eigenvalue weighted by Crippen LogP contribution is 2.23. The molecule has 1 N–H and O–H groups in total. The third-order valence-electron chi connectivity index (χ3n) is 3.77. The molecule has 0 spiro atoms. The minimum atomic E-state index is -0.304. The molecule has 2 aromatic carbocycles. The Morgan fingerprint density at radius 2 is 1.92 bits per heavy atom. The molecule has 26 heavy (non-hydrogen) atoms. The lowest BCUT2D eigenvalue weighted by atomic mass is 10.2. The molecule has 0 aliphatic heterocycles. The second-order valence-corrected chi connectivity index (χ2v) is 5.78. The number of nitrogens with zero attached hydrogens (tertiary/aromatic N) is 2. The fourth-order valence-electron chi connectivity index (χ4n) is 2.53. The predicted molar refractivity (Wildman–Crippen MR) is 97.5 cm³/mol. The van der Waals surface area contributed by atoms with Crippen LogP contribution in [0, 0.1) is 6.92 Å². The van der Waals surface area contributed by atoms with Crippen LogP contribution in [-0.4, -0.2) is 15.9 Å². The summed E-state index contributed by atoms with van der Waals surface area (Å²) in [5.74, 6) is 0.969. The van der Waals surface area contributed by atoms with Crippen LogP contribution < -0.4 is 10.1 Å². The number of aromatic nitrogens is 2. The van der Waals surface area contributed by atoms with Gasteiger partial charge in [0, 0.05) is 23.5 Å². The Morgan fingerprint density at radius 1 is 1.08 bits per heavy atom. The van der Waals surface area contributed by atoms with Crippen LogP contribution in [0.15, 0.2) is 71.5 Å². The Balaban J connectivity index is 1.46. The molecule has 0 aliphatic carbocycles. The van der Waals surface area contributed by atoms with Gasteiger partial charge in [-0.2, -0.15) is 0 Å². The SMILES string of the molecule is Cc1ccc2oc(C(=O)Nc3ccc(Oc4cnccn4)cc3)cc2c1. The molecule has 0 saturated heterocycles. The first-order chi connectivity index (χ1) is 12.7. The molecule has 6 nitrogen and oxygen atoms in total. The Kier molecular flexibility index (Phi) is 4.07. The third-order valence-corrected chi connectivity index (χ3v) is 3.77. The number of nitrogens with one attached hydrogen (secondary N) is 1. The Hall–Kier alpha value is -3.67. The summed E-state index contributed by atoms with van der Waals surface area (Å²) in [6.45, 7) is 2.00. The second-order valence-electron chi connectivity index (χ2n) is 5.78. The van der Waals surface area contributed by atoms with Crippen molar-refractivity contribution in [3.05, 3.63) is 78.4 Å². The fourth-order valence-corrected chi connectivity index (χ4v) is 2.53. The molecule has 0 atom stereocenters. The maximum absolute atomic E-state index is 12.4. The Labute approximate surface area is 149 Å². The summed E-state index contributed by atoms with van der Waals surface area (Å²) in [6.07, 6.45) is 4.66. The largest absolute Gasteiger partial charge is 0.451 e. The molecule has 4 aromatic rings. The molecule has 0 bridgehead atoms. The highest BCUT2D eigenvalue weighted by atomic mass is 16.5. The number of hydrogen-bond acceptors (Lipinski definition) is 5. The molecular weight excluding hydrogens is 330 g/mol. The van der Waals surface area contributed by atoms with Crippen LogP contribution >= 0.6 is 0 Å². The average molecular weight is 345 g/mol. The first kappa shape index (κ1) is 15.8. The van der Waals surface area contributed by atoms with E-state index in [0.29, 0.717) is 22.9 Å². The Morgan fingerprint density at radius 3 is 2.69 bits per heavy atom. The maximum atomic E-state index is 12.4. The van der Waals surface area contributed by atoms with Crippen molar-refractivity contribution in [1.29, 1.82) is 0 Å². The average Bonchev–Trinajstić information content (AvgIpc) is 3.07. The summed E-state index contributed by atoms with van der Waals surface area (Å²) in [7, 11) is 0. The van der Waals surface area contributed by atoms with E-state index >= 15 is 0 Å². The van der Waals surface area contributed by atoms with Crippen molar-refractivity contribution in [1.82, 2.24) is 9.97 Å². The van der Waals surface area contributed by atoms with Gasteiger partial charge in [0.05, 0.1) is 6.20 Å². The summed E-state index contributed by atoms with van der Waals surface area (Å²) in [6, 6.07) is 14.5. The van der Waals surface area contributed by atoms with E-state index in [-0.39, 0.29) is 11.7 Å². The first-order valence-corrected chi connectivity index (χ1v) is 8.03. The van der Waals surface area contributed by atoms with Crippen molar-refractivity contribution in [3.8, 4) is 11.6 Å². The molecule has 2 heterocycles. The minimum absolute atomic E-state index is 0.269. The van der Waals surface area contributed by atoms with E-state index in [0.717, 1.165) is 10.9 Å². The van der Waals surface area contributed by atoms with Crippen LogP contribution in [0.2, 0.25) is 0 Å². The van der Waals surface area contributed by atoms with E-state index in [1.165, 1.54) is 6.20 Å². The number of furan rings is 1. The zero-order chi connectivity index (χ0) is 17.9. The van der Waals surface area contributed by atoms with Crippen LogP contribution in [0.1, 0.15) is 16.1 Å². The third kappa shape index (κ3) is 3.39. The van der Waals surface area contributed by atoms with Crippen LogP contribution in [0.3, 0.4) is 0 Å². The highest BCUT2D eigenvalue weighted by Gasteiger charge is 2.12. The molecule has 6 heteroatoms. The van der Waals surface area contributed by atoms with Gasteiger partial charge in [-0.3, -0.25) is 9.78 Å². The number of hydrogen-bond donors (Lipinski definition) is 1. The van der Waals surface area contributed by atoms with Crippen LogP contribution in [0.4, 0.5) is 5.69 Å². The highest BCUT2D eigenvalue weighted by molar-refractivity contribution is 6.04. The molecular formula is C20H15N3O3. The van der Waals surface area contributed by atoms with E-state index in [9.17, 15) is 4.79 Å². The van der Waals surface area contributed by atoms with Gasteiger partial charge in [0.1, 0.15) is 11.3 Å². The number of anilines is 1. The molecule has 0 radical (unpaired) electrons. The number of amides is 1. The number of ether oxygens (including phenoxy) is 1. The van der Waals surface area contributed by atoms with E-state index in [2.05, 4.69) is 15.3 Å². The van der Waals surface area contributed by atoms with Crippen molar-refractivity contribution in [2.45, 2.75) is 6.92 Å².